The topological polar surface area (TPSA) is 42.2 Å². The second kappa shape index (κ2) is 6.58. The Morgan fingerprint density at radius 2 is 1.75 bits per heavy atom. The van der Waals surface area contributed by atoms with Crippen LogP contribution in [0.3, 0.4) is 0 Å². The van der Waals surface area contributed by atoms with Gasteiger partial charge in [0, 0.05) is 5.56 Å². The van der Waals surface area contributed by atoms with E-state index < -0.39 is 5.82 Å². The predicted octanol–water partition coefficient (Wildman–Crippen LogP) is 3.68. The van der Waals surface area contributed by atoms with Crippen molar-refractivity contribution in [3.8, 4) is 17.6 Å². The lowest BCUT2D eigenvalue weighted by Gasteiger charge is -2.12. The molecule has 0 radical (unpaired) electrons. The van der Waals surface area contributed by atoms with E-state index in [1.807, 2.05) is 25.1 Å². The van der Waals surface area contributed by atoms with E-state index >= 15 is 0 Å². The molecule has 0 atom stereocenters. The molecule has 0 N–H and O–H groups in total. The smallest absolute Gasteiger partial charge is 0.161 e. The van der Waals surface area contributed by atoms with E-state index in [0.29, 0.717) is 23.7 Å². The zero-order valence-corrected chi connectivity index (χ0v) is 11.1. The first kappa shape index (κ1) is 13.9. The highest BCUT2D eigenvalue weighted by atomic mass is 19.1. The summed E-state index contributed by atoms with van der Waals surface area (Å²) in [4.78, 5) is 0. The Hall–Kier alpha value is -2.54. The Bertz CT molecular complexity index is 635. The van der Waals surface area contributed by atoms with Crippen molar-refractivity contribution in [3.63, 3.8) is 0 Å². The molecule has 0 heterocycles. The van der Waals surface area contributed by atoms with Crippen LogP contribution in [0.2, 0.25) is 0 Å². The standard InChI is InChI=1S/C16H14FNO2/c1-2-19-14-8-3-4-9-15(14)20-11-13-7-5-6-12(10-18)16(13)17/h3-9H,2,11H2,1H3. The third-order valence-corrected chi connectivity index (χ3v) is 2.73. The first-order chi connectivity index (χ1) is 9.76. The van der Waals surface area contributed by atoms with E-state index in [9.17, 15) is 4.39 Å². The van der Waals surface area contributed by atoms with Crippen molar-refractivity contribution in [3.05, 3.63) is 59.4 Å². The third-order valence-electron chi connectivity index (χ3n) is 2.73. The Kier molecular flexibility index (Phi) is 4.56. The van der Waals surface area contributed by atoms with Crippen LogP contribution in [0.15, 0.2) is 42.5 Å². The van der Waals surface area contributed by atoms with E-state index in [1.54, 1.807) is 24.3 Å². The molecular formula is C16H14FNO2. The monoisotopic (exact) mass is 271 g/mol. The molecule has 0 unspecified atom stereocenters. The van der Waals surface area contributed by atoms with Gasteiger partial charge in [0.2, 0.25) is 0 Å². The Morgan fingerprint density at radius 1 is 1.05 bits per heavy atom. The molecule has 0 saturated heterocycles. The molecule has 0 spiro atoms. The van der Waals surface area contributed by atoms with Crippen LogP contribution < -0.4 is 9.47 Å². The number of nitriles is 1. The van der Waals surface area contributed by atoms with Crippen molar-refractivity contribution >= 4 is 0 Å². The van der Waals surface area contributed by atoms with E-state index in [4.69, 9.17) is 14.7 Å². The van der Waals surface area contributed by atoms with Crippen LogP contribution in [0.1, 0.15) is 18.1 Å². The number of benzene rings is 2. The van der Waals surface area contributed by atoms with Crippen LogP contribution in [-0.4, -0.2) is 6.61 Å². The molecule has 0 aliphatic carbocycles. The lowest BCUT2D eigenvalue weighted by Crippen LogP contribution is -2.02. The molecule has 2 rings (SSSR count). The normalized spacial score (nSPS) is 9.85. The molecule has 0 aliphatic heterocycles. The van der Waals surface area contributed by atoms with Crippen LogP contribution in [0.25, 0.3) is 0 Å². The van der Waals surface area contributed by atoms with Gasteiger partial charge >= 0.3 is 0 Å². The summed E-state index contributed by atoms with van der Waals surface area (Å²) >= 11 is 0. The summed E-state index contributed by atoms with van der Waals surface area (Å²) in [5.74, 6) is 0.631. The van der Waals surface area contributed by atoms with Gasteiger partial charge in [-0.15, -0.1) is 0 Å². The Balaban J connectivity index is 2.15. The molecular weight excluding hydrogens is 257 g/mol. The van der Waals surface area contributed by atoms with Gasteiger partial charge in [-0.05, 0) is 25.1 Å². The highest BCUT2D eigenvalue weighted by molar-refractivity contribution is 5.40. The lowest BCUT2D eigenvalue weighted by atomic mass is 10.1. The van der Waals surface area contributed by atoms with E-state index in [2.05, 4.69) is 0 Å². The molecule has 4 heteroatoms. The third kappa shape index (κ3) is 3.07. The van der Waals surface area contributed by atoms with Crippen LogP contribution >= 0.6 is 0 Å². The summed E-state index contributed by atoms with van der Waals surface area (Å²) in [6.07, 6.45) is 0. The van der Waals surface area contributed by atoms with Crippen molar-refractivity contribution in [2.75, 3.05) is 6.61 Å². The van der Waals surface area contributed by atoms with Gasteiger partial charge < -0.3 is 9.47 Å². The van der Waals surface area contributed by atoms with E-state index in [1.165, 1.54) is 6.07 Å². The summed E-state index contributed by atoms with van der Waals surface area (Å²) in [7, 11) is 0. The fourth-order valence-electron chi connectivity index (χ4n) is 1.78. The van der Waals surface area contributed by atoms with Gasteiger partial charge in [0.15, 0.2) is 11.5 Å². The average Bonchev–Trinajstić information content (AvgIpc) is 2.48. The number of ether oxygens (including phenoxy) is 2. The number of rotatable bonds is 5. The van der Waals surface area contributed by atoms with E-state index in [0.717, 1.165) is 0 Å². The molecule has 0 bridgehead atoms. The van der Waals surface area contributed by atoms with Gasteiger partial charge in [0.25, 0.3) is 0 Å². The molecule has 0 saturated carbocycles. The van der Waals surface area contributed by atoms with Crippen LogP contribution in [0, 0.1) is 17.1 Å². The fraction of sp³-hybridized carbons (Fsp3) is 0.188. The first-order valence-electron chi connectivity index (χ1n) is 6.28. The Labute approximate surface area is 117 Å². The minimum Gasteiger partial charge on any atom is -0.490 e. The average molecular weight is 271 g/mol. The predicted molar refractivity (Wildman–Crippen MR) is 73.1 cm³/mol. The number of halogens is 1. The van der Waals surface area contributed by atoms with Gasteiger partial charge in [-0.1, -0.05) is 24.3 Å². The SMILES string of the molecule is CCOc1ccccc1OCc1cccc(C#N)c1F. The summed E-state index contributed by atoms with van der Waals surface area (Å²) < 4.78 is 24.9. The Morgan fingerprint density at radius 3 is 2.40 bits per heavy atom. The number of nitrogens with zero attached hydrogens (tertiary/aromatic N) is 1. The lowest BCUT2D eigenvalue weighted by molar-refractivity contribution is 0.266. The summed E-state index contributed by atoms with van der Waals surface area (Å²) in [5.41, 5.74) is 0.361. The van der Waals surface area contributed by atoms with Crippen molar-refractivity contribution in [1.29, 1.82) is 5.26 Å². The minimum atomic E-state index is -0.538. The van der Waals surface area contributed by atoms with Crippen LogP contribution in [0.4, 0.5) is 4.39 Å². The second-order valence-corrected chi connectivity index (χ2v) is 4.06. The van der Waals surface area contributed by atoms with Crippen molar-refractivity contribution in [2.45, 2.75) is 13.5 Å². The number of hydrogen-bond acceptors (Lipinski definition) is 3. The molecule has 3 nitrogen and oxygen atoms in total. The fourth-order valence-corrected chi connectivity index (χ4v) is 1.78. The molecule has 102 valence electrons. The summed E-state index contributed by atoms with van der Waals surface area (Å²) in [6.45, 7) is 2.46. The largest absolute Gasteiger partial charge is 0.490 e. The van der Waals surface area contributed by atoms with Crippen molar-refractivity contribution in [1.82, 2.24) is 0 Å². The number of hydrogen-bond donors (Lipinski definition) is 0. The van der Waals surface area contributed by atoms with E-state index in [-0.39, 0.29) is 12.2 Å². The highest BCUT2D eigenvalue weighted by Gasteiger charge is 2.09. The first-order valence-corrected chi connectivity index (χ1v) is 6.28. The van der Waals surface area contributed by atoms with Crippen LogP contribution in [-0.2, 0) is 6.61 Å². The number of para-hydroxylation sites is 2. The maximum atomic E-state index is 13.9. The molecule has 20 heavy (non-hydrogen) atoms. The maximum absolute atomic E-state index is 13.9. The zero-order chi connectivity index (χ0) is 14.4. The highest BCUT2D eigenvalue weighted by Crippen LogP contribution is 2.27. The quantitative estimate of drug-likeness (QED) is 0.833. The molecule has 0 aromatic heterocycles. The molecule has 0 amide bonds. The van der Waals surface area contributed by atoms with Gasteiger partial charge in [0.1, 0.15) is 18.5 Å². The van der Waals surface area contributed by atoms with Gasteiger partial charge in [-0.3, -0.25) is 0 Å². The van der Waals surface area contributed by atoms with Gasteiger partial charge in [-0.2, -0.15) is 5.26 Å². The minimum absolute atomic E-state index is 0.0178. The molecule has 0 fully saturated rings. The molecule has 2 aromatic rings. The van der Waals surface area contributed by atoms with Gasteiger partial charge in [0.05, 0.1) is 12.2 Å². The van der Waals surface area contributed by atoms with Crippen LogP contribution in [0.5, 0.6) is 11.5 Å². The van der Waals surface area contributed by atoms with Crippen molar-refractivity contribution < 1.29 is 13.9 Å². The summed E-state index contributed by atoms with van der Waals surface area (Å²) in [5, 5.41) is 8.79. The van der Waals surface area contributed by atoms with Crippen molar-refractivity contribution in [2.24, 2.45) is 0 Å². The zero-order valence-electron chi connectivity index (χ0n) is 11.1. The maximum Gasteiger partial charge on any atom is 0.161 e. The molecule has 2 aromatic carbocycles. The molecule has 0 aliphatic rings. The second-order valence-electron chi connectivity index (χ2n) is 4.06. The summed E-state index contributed by atoms with van der Waals surface area (Å²) in [6, 6.07) is 13.7. The van der Waals surface area contributed by atoms with Gasteiger partial charge in [-0.25, -0.2) is 4.39 Å².